The maximum absolute atomic E-state index is 12.4. The van der Waals surface area contributed by atoms with Crippen molar-refractivity contribution >= 4 is 16.1 Å². The van der Waals surface area contributed by atoms with E-state index in [0.717, 1.165) is 17.5 Å². The minimum atomic E-state index is -3.62. The lowest BCUT2D eigenvalue weighted by Gasteiger charge is -2.29. The zero-order valence-electron chi connectivity index (χ0n) is 14.8. The normalized spacial score (nSPS) is 15.6. The van der Waals surface area contributed by atoms with Gasteiger partial charge in [-0.3, -0.25) is 0 Å². The van der Waals surface area contributed by atoms with Crippen molar-refractivity contribution < 1.29 is 18.3 Å². The smallest absolute Gasteiger partial charge is 0.317 e. The maximum Gasteiger partial charge on any atom is 0.317 e. The first-order valence-electron chi connectivity index (χ1n) is 8.65. The molecule has 1 aliphatic rings. The molecule has 1 unspecified atom stereocenters. The number of hydrogen-bond donors (Lipinski definition) is 3. The van der Waals surface area contributed by atoms with E-state index < -0.39 is 16.1 Å². The van der Waals surface area contributed by atoms with Gasteiger partial charge in [0.25, 0.3) is 0 Å². The Labute approximate surface area is 149 Å². The molecule has 0 spiro atoms. The zero-order chi connectivity index (χ0) is 18.4. The number of amides is 2. The Morgan fingerprint density at radius 1 is 1.32 bits per heavy atom. The first-order chi connectivity index (χ1) is 11.8. The fourth-order valence-electron chi connectivity index (χ4n) is 2.70. The van der Waals surface area contributed by atoms with Crippen molar-refractivity contribution in [3.63, 3.8) is 0 Å². The summed E-state index contributed by atoms with van der Waals surface area (Å²) in [6.07, 6.45) is 1.39. The van der Waals surface area contributed by atoms with Gasteiger partial charge in [0.05, 0.1) is 11.0 Å². The largest absolute Gasteiger partial charge is 0.393 e. The van der Waals surface area contributed by atoms with Crippen molar-refractivity contribution in [2.75, 3.05) is 19.6 Å². The van der Waals surface area contributed by atoms with Gasteiger partial charge in [-0.2, -0.15) is 0 Å². The van der Waals surface area contributed by atoms with E-state index in [1.165, 1.54) is 0 Å². The molecule has 1 aliphatic heterocycles. The third kappa shape index (κ3) is 5.42. The van der Waals surface area contributed by atoms with Gasteiger partial charge in [-0.15, -0.1) is 0 Å². The molecule has 140 valence electrons. The number of hydrogen-bond acceptors (Lipinski definition) is 4. The van der Waals surface area contributed by atoms with Crippen LogP contribution in [0, 0.1) is 0 Å². The average Bonchev–Trinajstić information content (AvgIpc) is 2.58. The molecule has 0 bridgehead atoms. The van der Waals surface area contributed by atoms with E-state index in [1.54, 1.807) is 24.0 Å². The van der Waals surface area contributed by atoms with Crippen molar-refractivity contribution in [2.24, 2.45) is 0 Å². The molecule has 0 aromatic heterocycles. The van der Waals surface area contributed by atoms with Gasteiger partial charge in [-0.25, -0.2) is 17.9 Å². The molecule has 8 heteroatoms. The molecule has 2 rings (SSSR count). The third-order valence-electron chi connectivity index (χ3n) is 4.17. The molecule has 0 radical (unpaired) electrons. The van der Waals surface area contributed by atoms with Gasteiger partial charge in [0.15, 0.2) is 0 Å². The SMILES string of the molecule is CCCNC(=O)N1CCc2ccc(S(=O)(=O)NCCC(C)O)cc2C1. The van der Waals surface area contributed by atoms with Gasteiger partial charge < -0.3 is 15.3 Å². The van der Waals surface area contributed by atoms with E-state index in [2.05, 4.69) is 10.0 Å². The quantitative estimate of drug-likeness (QED) is 0.673. The Bertz CT molecular complexity index is 704. The van der Waals surface area contributed by atoms with E-state index >= 15 is 0 Å². The fraction of sp³-hybridized carbons (Fsp3) is 0.588. The average molecular weight is 369 g/mol. The minimum absolute atomic E-state index is 0.115. The van der Waals surface area contributed by atoms with Gasteiger partial charge in [0, 0.05) is 26.2 Å². The minimum Gasteiger partial charge on any atom is -0.393 e. The third-order valence-corrected chi connectivity index (χ3v) is 5.63. The number of carbonyl (C=O) groups excluding carboxylic acids is 1. The van der Waals surface area contributed by atoms with Crippen molar-refractivity contribution in [1.82, 2.24) is 14.9 Å². The van der Waals surface area contributed by atoms with E-state index in [9.17, 15) is 18.3 Å². The standard InChI is InChI=1S/C17H27N3O4S/c1-3-8-18-17(22)20-10-7-14-4-5-16(11-15(14)12-20)25(23,24)19-9-6-13(2)21/h4-5,11,13,19,21H,3,6-10,12H2,1-2H3,(H,18,22). The van der Waals surface area contributed by atoms with Crippen molar-refractivity contribution in [1.29, 1.82) is 0 Å². The zero-order valence-corrected chi connectivity index (χ0v) is 15.6. The molecular weight excluding hydrogens is 342 g/mol. The topological polar surface area (TPSA) is 98.7 Å². The Morgan fingerprint density at radius 3 is 2.76 bits per heavy atom. The number of nitrogens with zero attached hydrogens (tertiary/aromatic N) is 1. The highest BCUT2D eigenvalue weighted by Gasteiger charge is 2.23. The number of carbonyl (C=O) groups is 1. The van der Waals surface area contributed by atoms with Crippen LogP contribution >= 0.6 is 0 Å². The molecule has 25 heavy (non-hydrogen) atoms. The molecule has 1 aromatic rings. The molecular formula is C17H27N3O4S. The molecule has 1 heterocycles. The van der Waals surface area contributed by atoms with E-state index in [0.29, 0.717) is 32.5 Å². The van der Waals surface area contributed by atoms with Gasteiger partial charge in [-0.1, -0.05) is 13.0 Å². The monoisotopic (exact) mass is 369 g/mol. The van der Waals surface area contributed by atoms with Crippen molar-refractivity contribution in [3.8, 4) is 0 Å². The van der Waals surface area contributed by atoms with Crippen molar-refractivity contribution in [3.05, 3.63) is 29.3 Å². The van der Waals surface area contributed by atoms with Crippen LogP contribution in [0.25, 0.3) is 0 Å². The van der Waals surface area contributed by atoms with E-state index in [4.69, 9.17) is 0 Å². The molecule has 0 fully saturated rings. The highest BCUT2D eigenvalue weighted by Crippen LogP contribution is 2.22. The second-order valence-corrected chi connectivity index (χ2v) is 8.14. The predicted octanol–water partition coefficient (Wildman–Crippen LogP) is 1.21. The molecule has 0 saturated carbocycles. The number of nitrogens with one attached hydrogen (secondary N) is 2. The molecule has 0 aliphatic carbocycles. The number of benzene rings is 1. The van der Waals surface area contributed by atoms with Crippen LogP contribution in [0.4, 0.5) is 4.79 Å². The van der Waals surface area contributed by atoms with Gasteiger partial charge in [0.1, 0.15) is 0 Å². The molecule has 1 aromatic carbocycles. The second kappa shape index (κ2) is 8.64. The Morgan fingerprint density at radius 2 is 2.08 bits per heavy atom. The van der Waals surface area contributed by atoms with Crippen LogP contribution in [0.3, 0.4) is 0 Å². The lowest BCUT2D eigenvalue weighted by atomic mass is 10.0. The Balaban J connectivity index is 2.09. The van der Waals surface area contributed by atoms with Gasteiger partial charge in [0.2, 0.25) is 10.0 Å². The summed E-state index contributed by atoms with van der Waals surface area (Å²) < 4.78 is 27.2. The summed E-state index contributed by atoms with van der Waals surface area (Å²) in [5.41, 5.74) is 1.93. The number of urea groups is 1. The van der Waals surface area contributed by atoms with E-state index in [-0.39, 0.29) is 17.5 Å². The van der Waals surface area contributed by atoms with Gasteiger partial charge in [-0.05, 0) is 49.4 Å². The summed E-state index contributed by atoms with van der Waals surface area (Å²) in [4.78, 5) is 14.0. The fourth-order valence-corrected chi connectivity index (χ4v) is 3.80. The highest BCUT2D eigenvalue weighted by molar-refractivity contribution is 7.89. The molecule has 1 atom stereocenters. The summed E-state index contributed by atoms with van der Waals surface area (Å²) in [6.45, 7) is 5.45. The number of aliphatic hydroxyl groups is 1. The molecule has 0 saturated heterocycles. The summed E-state index contributed by atoms with van der Waals surface area (Å²) in [7, 11) is -3.62. The summed E-state index contributed by atoms with van der Waals surface area (Å²) in [5.74, 6) is 0. The Hall–Kier alpha value is -1.64. The predicted molar refractivity (Wildman–Crippen MR) is 95.7 cm³/mol. The number of fused-ring (bicyclic) bond motifs is 1. The van der Waals surface area contributed by atoms with Crippen LogP contribution < -0.4 is 10.0 Å². The van der Waals surface area contributed by atoms with Crippen LogP contribution in [0.1, 0.15) is 37.8 Å². The number of sulfonamides is 1. The maximum atomic E-state index is 12.4. The lowest BCUT2D eigenvalue weighted by molar-refractivity contribution is 0.186. The lowest BCUT2D eigenvalue weighted by Crippen LogP contribution is -2.43. The summed E-state index contributed by atoms with van der Waals surface area (Å²) in [6, 6.07) is 4.94. The first kappa shape index (κ1) is 19.7. The van der Waals surface area contributed by atoms with E-state index in [1.807, 2.05) is 13.0 Å². The summed E-state index contributed by atoms with van der Waals surface area (Å²) in [5, 5.41) is 12.1. The molecule has 7 nitrogen and oxygen atoms in total. The van der Waals surface area contributed by atoms with Gasteiger partial charge >= 0.3 is 6.03 Å². The first-order valence-corrected chi connectivity index (χ1v) is 10.1. The van der Waals surface area contributed by atoms with Crippen LogP contribution in [-0.4, -0.2) is 50.2 Å². The number of aliphatic hydroxyl groups excluding tert-OH is 1. The van der Waals surface area contributed by atoms with Crippen LogP contribution in [-0.2, 0) is 23.0 Å². The highest BCUT2D eigenvalue weighted by atomic mass is 32.2. The van der Waals surface area contributed by atoms with Crippen molar-refractivity contribution in [2.45, 2.75) is 50.7 Å². The molecule has 3 N–H and O–H groups in total. The Kier molecular flexibility index (Phi) is 6.80. The summed E-state index contributed by atoms with van der Waals surface area (Å²) >= 11 is 0. The van der Waals surface area contributed by atoms with Crippen LogP contribution in [0.15, 0.2) is 23.1 Å². The van der Waals surface area contributed by atoms with Crippen LogP contribution in [0.2, 0.25) is 0 Å². The molecule has 2 amide bonds. The second-order valence-electron chi connectivity index (χ2n) is 6.37. The number of rotatable bonds is 7. The van der Waals surface area contributed by atoms with Crippen LogP contribution in [0.5, 0.6) is 0 Å².